The molecule has 6 nitrogen and oxygen atoms in total. The second-order valence-corrected chi connectivity index (χ2v) is 7.07. The minimum Gasteiger partial charge on any atom is -0.399 e. The molecule has 154 valence electrons. The topological polar surface area (TPSA) is 85.4 Å². The molecule has 29 heavy (non-hydrogen) atoms. The number of hydrogen-bond acceptors (Lipinski definition) is 5. The zero-order valence-corrected chi connectivity index (χ0v) is 17.4. The van der Waals surface area contributed by atoms with E-state index in [4.69, 9.17) is 11.0 Å². The number of nitriles is 1. The molecule has 0 aliphatic heterocycles. The number of nitrogens with zero attached hydrogens (tertiary/aromatic N) is 3. The van der Waals surface area contributed by atoms with Crippen molar-refractivity contribution in [2.24, 2.45) is 0 Å². The van der Waals surface area contributed by atoms with Gasteiger partial charge in [-0.3, -0.25) is 9.69 Å². The molecule has 1 amide bonds. The van der Waals surface area contributed by atoms with Gasteiger partial charge < -0.3 is 16.0 Å². The molecule has 2 aromatic carbocycles. The zero-order chi connectivity index (χ0) is 21.1. The molecule has 0 radical (unpaired) electrons. The maximum absolute atomic E-state index is 12.6. The molecule has 0 unspecified atom stereocenters. The van der Waals surface area contributed by atoms with Crippen molar-refractivity contribution in [2.75, 3.05) is 43.8 Å². The highest BCUT2D eigenvalue weighted by Gasteiger charge is 2.13. The Morgan fingerprint density at radius 1 is 1.00 bits per heavy atom. The lowest BCUT2D eigenvalue weighted by atomic mass is 10.1. The third kappa shape index (κ3) is 7.94. The van der Waals surface area contributed by atoms with Gasteiger partial charge in [-0.2, -0.15) is 5.26 Å². The van der Waals surface area contributed by atoms with Gasteiger partial charge in [0.15, 0.2) is 0 Å². The number of nitrogens with two attached hydrogens (primary N) is 1. The molecule has 0 saturated carbocycles. The molecular weight excluding hydrogens is 362 g/mol. The van der Waals surface area contributed by atoms with Crippen molar-refractivity contribution >= 4 is 17.3 Å². The molecular formula is C23H31N5O. The first-order chi connectivity index (χ1) is 14.0. The number of nitrogen functional groups attached to an aromatic ring is 1. The highest BCUT2D eigenvalue weighted by molar-refractivity contribution is 5.92. The summed E-state index contributed by atoms with van der Waals surface area (Å²) < 4.78 is 0. The van der Waals surface area contributed by atoms with Gasteiger partial charge in [-0.1, -0.05) is 26.0 Å². The SMILES string of the molecule is CCN(CC)CCCN(CC(=O)Nc1ccc(N)cc1)Cc1ccc(C#N)cc1. The maximum Gasteiger partial charge on any atom is 0.238 e. The average Bonchev–Trinajstić information content (AvgIpc) is 2.73. The monoisotopic (exact) mass is 393 g/mol. The number of carbonyl (C=O) groups is 1. The van der Waals surface area contributed by atoms with Crippen LogP contribution in [0.4, 0.5) is 11.4 Å². The largest absolute Gasteiger partial charge is 0.399 e. The van der Waals surface area contributed by atoms with E-state index < -0.39 is 0 Å². The van der Waals surface area contributed by atoms with Gasteiger partial charge in [0.2, 0.25) is 5.91 Å². The second kappa shape index (κ2) is 11.8. The van der Waals surface area contributed by atoms with Crippen molar-refractivity contribution in [2.45, 2.75) is 26.8 Å². The number of hydrogen-bond donors (Lipinski definition) is 2. The lowest BCUT2D eigenvalue weighted by molar-refractivity contribution is -0.117. The van der Waals surface area contributed by atoms with E-state index >= 15 is 0 Å². The molecule has 0 saturated heterocycles. The van der Waals surface area contributed by atoms with Crippen LogP contribution in [0.5, 0.6) is 0 Å². The van der Waals surface area contributed by atoms with E-state index in [1.807, 2.05) is 24.3 Å². The van der Waals surface area contributed by atoms with Crippen LogP contribution in [0.15, 0.2) is 48.5 Å². The van der Waals surface area contributed by atoms with Crippen molar-refractivity contribution in [1.29, 1.82) is 5.26 Å². The minimum absolute atomic E-state index is 0.0498. The molecule has 0 spiro atoms. The summed E-state index contributed by atoms with van der Waals surface area (Å²) >= 11 is 0. The number of nitrogens with one attached hydrogen (secondary N) is 1. The lowest BCUT2D eigenvalue weighted by Gasteiger charge is -2.24. The van der Waals surface area contributed by atoms with E-state index in [-0.39, 0.29) is 5.91 Å². The van der Waals surface area contributed by atoms with Gasteiger partial charge in [-0.25, -0.2) is 0 Å². The summed E-state index contributed by atoms with van der Waals surface area (Å²) in [5.41, 5.74) is 8.84. The van der Waals surface area contributed by atoms with Gasteiger partial charge in [0.25, 0.3) is 0 Å². The molecule has 2 aromatic rings. The molecule has 0 aliphatic rings. The van der Waals surface area contributed by atoms with Crippen molar-refractivity contribution < 1.29 is 4.79 Å². The normalized spacial score (nSPS) is 10.9. The Balaban J connectivity index is 1.98. The minimum atomic E-state index is -0.0498. The molecule has 0 bridgehead atoms. The molecule has 0 aliphatic carbocycles. The second-order valence-electron chi connectivity index (χ2n) is 7.07. The molecule has 2 rings (SSSR count). The Bertz CT molecular complexity index is 792. The molecule has 3 N–H and O–H groups in total. The van der Waals surface area contributed by atoms with Crippen molar-refractivity contribution in [3.63, 3.8) is 0 Å². The number of benzene rings is 2. The summed E-state index contributed by atoms with van der Waals surface area (Å²) in [6.07, 6.45) is 0.993. The van der Waals surface area contributed by atoms with Gasteiger partial charge in [0, 0.05) is 24.5 Å². The lowest BCUT2D eigenvalue weighted by Crippen LogP contribution is -2.35. The fraction of sp³-hybridized carbons (Fsp3) is 0.391. The Morgan fingerprint density at radius 3 is 2.21 bits per heavy atom. The van der Waals surface area contributed by atoms with Gasteiger partial charge >= 0.3 is 0 Å². The number of amides is 1. The number of anilines is 2. The average molecular weight is 394 g/mol. The summed E-state index contributed by atoms with van der Waals surface area (Å²) in [7, 11) is 0. The number of carbonyl (C=O) groups excluding carboxylic acids is 1. The van der Waals surface area contributed by atoms with E-state index in [0.29, 0.717) is 24.3 Å². The van der Waals surface area contributed by atoms with Crippen molar-refractivity contribution in [3.05, 3.63) is 59.7 Å². The van der Waals surface area contributed by atoms with E-state index in [2.05, 4.69) is 35.0 Å². The summed E-state index contributed by atoms with van der Waals surface area (Å²) in [4.78, 5) is 17.1. The Labute approximate surface area is 173 Å². The van der Waals surface area contributed by atoms with E-state index in [0.717, 1.165) is 43.9 Å². The van der Waals surface area contributed by atoms with Gasteiger partial charge in [-0.05, 0) is 68.0 Å². The van der Waals surface area contributed by atoms with Crippen LogP contribution in [0.1, 0.15) is 31.4 Å². The van der Waals surface area contributed by atoms with Gasteiger partial charge in [0.05, 0.1) is 18.2 Å². The van der Waals surface area contributed by atoms with Crippen LogP contribution in [0, 0.1) is 11.3 Å². The Hall–Kier alpha value is -2.88. The summed E-state index contributed by atoms with van der Waals surface area (Å²) in [5.74, 6) is -0.0498. The standard InChI is InChI=1S/C23H31N5O/c1-3-27(4-2)14-5-15-28(17-20-8-6-19(16-24)7-9-20)18-23(29)26-22-12-10-21(25)11-13-22/h6-13H,3-5,14-15,17-18,25H2,1-2H3,(H,26,29). The first-order valence-corrected chi connectivity index (χ1v) is 10.1. The van der Waals surface area contributed by atoms with Crippen LogP contribution in [-0.4, -0.2) is 48.4 Å². The smallest absolute Gasteiger partial charge is 0.238 e. The maximum atomic E-state index is 12.6. The summed E-state index contributed by atoms with van der Waals surface area (Å²) in [6.45, 7) is 9.20. The van der Waals surface area contributed by atoms with Gasteiger partial charge in [0.1, 0.15) is 0 Å². The third-order valence-electron chi connectivity index (χ3n) is 4.89. The number of rotatable bonds is 11. The molecule has 0 aromatic heterocycles. The molecule has 0 fully saturated rings. The Kier molecular flexibility index (Phi) is 9.16. The van der Waals surface area contributed by atoms with Crippen molar-refractivity contribution in [1.82, 2.24) is 9.80 Å². The predicted octanol–water partition coefficient (Wildman–Crippen LogP) is 3.31. The van der Waals surface area contributed by atoms with Crippen LogP contribution < -0.4 is 11.1 Å². The Morgan fingerprint density at radius 2 is 1.62 bits per heavy atom. The summed E-state index contributed by atoms with van der Waals surface area (Å²) in [6, 6.07) is 16.8. The fourth-order valence-electron chi connectivity index (χ4n) is 3.18. The molecule has 0 heterocycles. The molecule has 0 atom stereocenters. The first kappa shape index (κ1) is 22.4. The fourth-order valence-corrected chi connectivity index (χ4v) is 3.18. The third-order valence-corrected chi connectivity index (χ3v) is 4.89. The zero-order valence-electron chi connectivity index (χ0n) is 17.4. The van der Waals surface area contributed by atoms with E-state index in [1.54, 1.807) is 24.3 Å². The van der Waals surface area contributed by atoms with Crippen LogP contribution in [-0.2, 0) is 11.3 Å². The van der Waals surface area contributed by atoms with Crippen molar-refractivity contribution in [3.8, 4) is 6.07 Å². The molecule has 6 heteroatoms. The first-order valence-electron chi connectivity index (χ1n) is 10.1. The quantitative estimate of drug-likeness (QED) is 0.572. The van der Waals surface area contributed by atoms with E-state index in [9.17, 15) is 4.79 Å². The highest BCUT2D eigenvalue weighted by Crippen LogP contribution is 2.12. The highest BCUT2D eigenvalue weighted by atomic mass is 16.2. The van der Waals surface area contributed by atoms with Crippen LogP contribution >= 0.6 is 0 Å². The van der Waals surface area contributed by atoms with Crippen LogP contribution in [0.2, 0.25) is 0 Å². The van der Waals surface area contributed by atoms with Crippen LogP contribution in [0.25, 0.3) is 0 Å². The van der Waals surface area contributed by atoms with Crippen LogP contribution in [0.3, 0.4) is 0 Å². The van der Waals surface area contributed by atoms with Gasteiger partial charge in [-0.15, -0.1) is 0 Å². The summed E-state index contributed by atoms with van der Waals surface area (Å²) in [5, 5.41) is 11.9. The predicted molar refractivity (Wildman–Crippen MR) is 118 cm³/mol. The van der Waals surface area contributed by atoms with E-state index in [1.165, 1.54) is 0 Å².